The molecule has 1 aromatic heterocycles. The van der Waals surface area contributed by atoms with Crippen molar-refractivity contribution in [3.05, 3.63) is 107 Å². The van der Waals surface area contributed by atoms with Gasteiger partial charge in [-0.25, -0.2) is 0 Å². The highest BCUT2D eigenvalue weighted by molar-refractivity contribution is 7.20. The van der Waals surface area contributed by atoms with Crippen molar-refractivity contribution >= 4 is 24.0 Å². The molecule has 2 atom stereocenters. The summed E-state index contributed by atoms with van der Waals surface area (Å²) in [5, 5.41) is 0. The van der Waals surface area contributed by atoms with Crippen molar-refractivity contribution in [2.24, 2.45) is 0 Å². The van der Waals surface area contributed by atoms with Crippen LogP contribution in [0.25, 0.3) is 5.57 Å². The smallest absolute Gasteiger partial charge is 0.194 e. The Morgan fingerprint density at radius 3 is 2.00 bits per heavy atom. The highest BCUT2D eigenvalue weighted by atomic mass is 35.6. The number of benzene rings is 2. The van der Waals surface area contributed by atoms with Gasteiger partial charge in [0.1, 0.15) is 0 Å². The summed E-state index contributed by atoms with van der Waals surface area (Å²) in [7, 11) is -1.97. The highest BCUT2D eigenvalue weighted by Crippen LogP contribution is 2.58. The molecule has 2 aliphatic rings. The third kappa shape index (κ3) is 2.19. The molecule has 3 heteroatoms. The molecule has 0 radical (unpaired) electrons. The number of hydrogen-bond donors (Lipinski definition) is 0. The van der Waals surface area contributed by atoms with E-state index in [1.54, 1.807) is 0 Å². The van der Waals surface area contributed by atoms with Crippen molar-refractivity contribution in [3.63, 3.8) is 0 Å². The second kappa shape index (κ2) is 5.67. The van der Waals surface area contributed by atoms with E-state index in [2.05, 4.69) is 96.8 Å². The van der Waals surface area contributed by atoms with Crippen molar-refractivity contribution < 1.29 is 4.57 Å². The first-order valence-electron chi connectivity index (χ1n) is 9.14. The van der Waals surface area contributed by atoms with Crippen molar-refractivity contribution in [2.75, 3.05) is 0 Å². The summed E-state index contributed by atoms with van der Waals surface area (Å²) in [4.78, 5) is 0. The first kappa shape index (κ1) is 16.0. The van der Waals surface area contributed by atoms with Crippen LogP contribution in [0.2, 0.25) is 13.1 Å². The fraction of sp³-hybridized carbons (Fsp3) is 0.174. The molecule has 0 spiro atoms. The minimum absolute atomic E-state index is 0.227. The van der Waals surface area contributed by atoms with Crippen LogP contribution in [0.4, 0.5) is 0 Å². The van der Waals surface area contributed by atoms with E-state index in [0.717, 1.165) is 0 Å². The first-order chi connectivity index (χ1) is 12.6. The number of allylic oxidation sites excluding steroid dienone is 1. The molecule has 2 unspecified atom stereocenters. The number of fused-ring (bicyclic) bond motifs is 4. The highest BCUT2D eigenvalue weighted by Gasteiger charge is 2.51. The molecule has 0 N–H and O–H groups in total. The van der Waals surface area contributed by atoms with Gasteiger partial charge in [-0.2, -0.15) is 15.6 Å². The van der Waals surface area contributed by atoms with Gasteiger partial charge in [0.2, 0.25) is 6.04 Å². The van der Waals surface area contributed by atoms with Gasteiger partial charge in [-0.15, -0.1) is 0 Å². The Kier molecular flexibility index (Phi) is 3.50. The van der Waals surface area contributed by atoms with Gasteiger partial charge in [0, 0.05) is 28.8 Å². The van der Waals surface area contributed by atoms with Gasteiger partial charge in [-0.3, -0.25) is 0 Å². The Morgan fingerprint density at radius 2 is 1.35 bits per heavy atom. The molecule has 128 valence electrons. The number of rotatable bonds is 2. The van der Waals surface area contributed by atoms with Gasteiger partial charge in [0.25, 0.3) is 0 Å². The second-order valence-electron chi connectivity index (χ2n) is 7.73. The van der Waals surface area contributed by atoms with Crippen LogP contribution in [0.15, 0.2) is 84.7 Å². The topological polar surface area (TPSA) is 3.88 Å². The molecule has 3 aromatic rings. The van der Waals surface area contributed by atoms with Crippen LogP contribution >= 0.6 is 11.1 Å². The summed E-state index contributed by atoms with van der Waals surface area (Å²) in [5.41, 5.74) is 8.80. The third-order valence-corrected chi connectivity index (χ3v) is 8.33. The van der Waals surface area contributed by atoms with E-state index >= 15 is 0 Å². The molecule has 0 saturated carbocycles. The number of hydrogen-bond acceptors (Lipinski definition) is 0. The molecule has 0 aliphatic heterocycles. The van der Waals surface area contributed by atoms with E-state index < -0.39 is 7.38 Å². The SMILES string of the molecule is C[Si](C)(Cl)C1C2=C(c3ccccc3C2[n+]2ccccc2)c2ccccc21. The fourth-order valence-electron chi connectivity index (χ4n) is 4.81. The summed E-state index contributed by atoms with van der Waals surface area (Å²) >= 11 is 7.12. The average Bonchev–Trinajstić information content (AvgIpc) is 3.14. The Labute approximate surface area is 160 Å². The van der Waals surface area contributed by atoms with Crippen LogP contribution in [0.1, 0.15) is 33.8 Å². The molecular formula is C23H21ClNSi+. The molecule has 1 nitrogen and oxygen atoms in total. The van der Waals surface area contributed by atoms with E-state index in [1.165, 1.54) is 33.4 Å². The maximum absolute atomic E-state index is 7.12. The predicted octanol–water partition coefficient (Wildman–Crippen LogP) is 5.46. The standard InChI is InChI=1S/C23H21ClNSi/c1-26(2,24)23-19-13-7-5-11-17(19)20-16-10-4-6-12-18(16)22(21(20)23)25-14-8-3-9-15-25/h3-15,22-23H,1-2H3/q+1. The molecule has 2 aromatic carbocycles. The predicted molar refractivity (Wildman–Crippen MR) is 110 cm³/mol. The van der Waals surface area contributed by atoms with Crippen LogP contribution in [-0.4, -0.2) is 7.38 Å². The molecule has 26 heavy (non-hydrogen) atoms. The molecular weight excluding hydrogens is 354 g/mol. The zero-order valence-corrected chi connectivity index (χ0v) is 16.7. The minimum atomic E-state index is -1.97. The Balaban J connectivity index is 1.84. The molecule has 0 amide bonds. The van der Waals surface area contributed by atoms with Crippen LogP contribution in [0.3, 0.4) is 0 Å². The Bertz CT molecular complexity index is 1030. The molecule has 5 rings (SSSR count). The van der Waals surface area contributed by atoms with Gasteiger partial charge in [-0.1, -0.05) is 67.7 Å². The number of halogens is 1. The van der Waals surface area contributed by atoms with Gasteiger partial charge in [0.05, 0.1) is 0 Å². The monoisotopic (exact) mass is 374 g/mol. The van der Waals surface area contributed by atoms with Crippen molar-refractivity contribution in [1.82, 2.24) is 0 Å². The maximum Gasteiger partial charge on any atom is 0.206 e. The van der Waals surface area contributed by atoms with E-state index in [1.807, 2.05) is 0 Å². The third-order valence-electron chi connectivity index (χ3n) is 5.68. The number of pyridine rings is 1. The van der Waals surface area contributed by atoms with Gasteiger partial charge in [-0.05, 0) is 22.3 Å². The number of aromatic nitrogens is 1. The van der Waals surface area contributed by atoms with Crippen LogP contribution < -0.4 is 4.57 Å². The molecule has 0 saturated heterocycles. The van der Waals surface area contributed by atoms with Crippen LogP contribution in [0.5, 0.6) is 0 Å². The molecule has 0 fully saturated rings. The van der Waals surface area contributed by atoms with E-state index in [9.17, 15) is 0 Å². The van der Waals surface area contributed by atoms with E-state index in [0.29, 0.717) is 5.54 Å². The van der Waals surface area contributed by atoms with Crippen molar-refractivity contribution in [2.45, 2.75) is 24.7 Å². The lowest BCUT2D eigenvalue weighted by Crippen LogP contribution is -2.43. The lowest BCUT2D eigenvalue weighted by Gasteiger charge is -2.28. The zero-order chi connectivity index (χ0) is 17.9. The lowest BCUT2D eigenvalue weighted by molar-refractivity contribution is -0.705. The second-order valence-corrected chi connectivity index (χ2v) is 14.4. The normalized spacial score (nSPS) is 20.7. The summed E-state index contributed by atoms with van der Waals surface area (Å²) in [6.07, 6.45) is 4.36. The first-order valence-corrected chi connectivity index (χ1v) is 13.2. The summed E-state index contributed by atoms with van der Waals surface area (Å²) in [6.45, 7) is 4.56. The quantitative estimate of drug-likeness (QED) is 0.318. The summed E-state index contributed by atoms with van der Waals surface area (Å²) in [5.74, 6) is 0. The van der Waals surface area contributed by atoms with Gasteiger partial charge in [0.15, 0.2) is 19.8 Å². The van der Waals surface area contributed by atoms with E-state index in [4.69, 9.17) is 11.1 Å². The lowest BCUT2D eigenvalue weighted by atomic mass is 9.95. The Hall–Kier alpha value is -2.16. The summed E-state index contributed by atoms with van der Waals surface area (Å²) < 4.78 is 2.34. The van der Waals surface area contributed by atoms with Crippen LogP contribution in [-0.2, 0) is 0 Å². The zero-order valence-electron chi connectivity index (χ0n) is 15.0. The van der Waals surface area contributed by atoms with Gasteiger partial charge >= 0.3 is 0 Å². The molecule has 2 aliphatic carbocycles. The maximum atomic E-state index is 7.12. The largest absolute Gasteiger partial charge is 0.206 e. The van der Waals surface area contributed by atoms with Crippen LogP contribution in [0, 0.1) is 0 Å². The fourth-order valence-corrected chi connectivity index (χ4v) is 7.55. The van der Waals surface area contributed by atoms with Crippen molar-refractivity contribution in [3.8, 4) is 0 Å². The average molecular weight is 375 g/mol. The molecule has 1 heterocycles. The van der Waals surface area contributed by atoms with Crippen molar-refractivity contribution in [1.29, 1.82) is 0 Å². The Morgan fingerprint density at radius 1 is 0.769 bits per heavy atom. The molecule has 0 bridgehead atoms. The number of nitrogens with zero attached hydrogens (tertiary/aromatic N) is 1. The van der Waals surface area contributed by atoms with Gasteiger partial charge < -0.3 is 0 Å². The summed E-state index contributed by atoms with van der Waals surface area (Å²) in [6, 6.07) is 24.3. The van der Waals surface area contributed by atoms with E-state index in [-0.39, 0.29) is 6.04 Å². The minimum Gasteiger partial charge on any atom is -0.194 e.